The second kappa shape index (κ2) is 7.27. The zero-order chi connectivity index (χ0) is 17.9. The Morgan fingerprint density at radius 1 is 0.692 bits per heavy atom. The summed E-state index contributed by atoms with van der Waals surface area (Å²) in [6, 6.07) is 32.2. The van der Waals surface area contributed by atoms with Crippen molar-refractivity contribution in [2.24, 2.45) is 0 Å². The number of benzene rings is 3. The van der Waals surface area contributed by atoms with Crippen LogP contribution in [0.2, 0.25) is 0 Å². The molecule has 0 aliphatic rings. The van der Waals surface area contributed by atoms with Gasteiger partial charge >= 0.3 is 0 Å². The van der Waals surface area contributed by atoms with Gasteiger partial charge in [-0.25, -0.2) is 0 Å². The number of hydrogen-bond acceptors (Lipinski definition) is 1. The van der Waals surface area contributed by atoms with Crippen LogP contribution in [0.5, 0.6) is 0 Å². The van der Waals surface area contributed by atoms with E-state index in [1.54, 1.807) is 0 Å². The molecular formula is C24H21NS. The first kappa shape index (κ1) is 16.7. The Morgan fingerprint density at radius 2 is 1.38 bits per heavy atom. The lowest BCUT2D eigenvalue weighted by molar-refractivity contribution is 0.913. The molecular weight excluding hydrogens is 334 g/mol. The summed E-state index contributed by atoms with van der Waals surface area (Å²) in [4.78, 5) is 1.25. The summed E-state index contributed by atoms with van der Waals surface area (Å²) < 4.78 is 2.37. The van der Waals surface area contributed by atoms with Gasteiger partial charge in [0.05, 0.1) is 5.03 Å². The van der Waals surface area contributed by atoms with Gasteiger partial charge in [-0.2, -0.15) is 0 Å². The predicted octanol–water partition coefficient (Wildman–Crippen LogP) is 6.91. The second-order valence-corrected chi connectivity index (χ2v) is 7.52. The molecule has 0 fully saturated rings. The molecule has 1 heterocycles. The van der Waals surface area contributed by atoms with E-state index in [9.17, 15) is 0 Å². The number of nitrogens with zero attached hydrogens (tertiary/aromatic N) is 1. The van der Waals surface area contributed by atoms with Crippen molar-refractivity contribution < 1.29 is 0 Å². The maximum atomic E-state index is 2.37. The summed E-state index contributed by atoms with van der Waals surface area (Å²) in [6.45, 7) is 4.33. The largest absolute Gasteiger partial charge is 0.308 e. The van der Waals surface area contributed by atoms with Crippen molar-refractivity contribution in [3.8, 4) is 16.8 Å². The third-order valence-electron chi connectivity index (χ3n) is 4.44. The molecule has 4 aromatic rings. The topological polar surface area (TPSA) is 4.93 Å². The standard InChI is InChI=1S/C24H21NS/c1-18-10-9-13-21(16-18)25-19(2)17-23(20-11-5-3-6-12-20)24(25)26-22-14-7-4-8-15-22/h3-17H,1-2H3. The Hall–Kier alpha value is -2.71. The number of aryl methyl sites for hydroxylation is 2. The molecule has 0 spiro atoms. The highest BCUT2D eigenvalue weighted by Gasteiger charge is 2.17. The van der Waals surface area contributed by atoms with E-state index in [-0.39, 0.29) is 0 Å². The van der Waals surface area contributed by atoms with Gasteiger partial charge in [-0.1, -0.05) is 72.4 Å². The first-order valence-corrected chi connectivity index (χ1v) is 9.62. The van der Waals surface area contributed by atoms with Crippen LogP contribution in [0.4, 0.5) is 0 Å². The highest BCUT2D eigenvalue weighted by Crippen LogP contribution is 2.40. The van der Waals surface area contributed by atoms with Crippen LogP contribution in [0, 0.1) is 13.8 Å². The monoisotopic (exact) mass is 355 g/mol. The van der Waals surface area contributed by atoms with Crippen molar-refractivity contribution in [3.05, 3.63) is 102 Å². The molecule has 0 radical (unpaired) electrons. The molecule has 2 heteroatoms. The summed E-state index contributed by atoms with van der Waals surface area (Å²) in [5.41, 5.74) is 6.25. The minimum Gasteiger partial charge on any atom is -0.308 e. The van der Waals surface area contributed by atoms with E-state index in [4.69, 9.17) is 0 Å². The fourth-order valence-electron chi connectivity index (χ4n) is 3.23. The molecule has 4 rings (SSSR count). The minimum atomic E-state index is 1.21. The van der Waals surface area contributed by atoms with Crippen LogP contribution in [-0.4, -0.2) is 4.57 Å². The van der Waals surface area contributed by atoms with Gasteiger partial charge in [-0.05, 0) is 55.3 Å². The van der Waals surface area contributed by atoms with Crippen molar-refractivity contribution in [2.75, 3.05) is 0 Å². The quantitative estimate of drug-likeness (QED) is 0.385. The lowest BCUT2D eigenvalue weighted by Crippen LogP contribution is -1.99. The van der Waals surface area contributed by atoms with E-state index >= 15 is 0 Å². The second-order valence-electron chi connectivity index (χ2n) is 6.46. The van der Waals surface area contributed by atoms with Crippen molar-refractivity contribution in [3.63, 3.8) is 0 Å². The minimum absolute atomic E-state index is 1.21. The maximum Gasteiger partial charge on any atom is 0.0924 e. The molecule has 0 aliphatic heterocycles. The summed E-state index contributed by atoms with van der Waals surface area (Å²) >= 11 is 1.82. The van der Waals surface area contributed by atoms with Gasteiger partial charge in [-0.15, -0.1) is 0 Å². The van der Waals surface area contributed by atoms with Crippen molar-refractivity contribution in [1.29, 1.82) is 0 Å². The van der Waals surface area contributed by atoms with Crippen LogP contribution in [0.3, 0.4) is 0 Å². The Morgan fingerprint density at radius 3 is 2.08 bits per heavy atom. The van der Waals surface area contributed by atoms with E-state index in [1.165, 1.54) is 38.0 Å². The fourth-order valence-corrected chi connectivity index (χ4v) is 4.37. The molecule has 0 aliphatic carbocycles. The van der Waals surface area contributed by atoms with Crippen molar-refractivity contribution >= 4 is 11.8 Å². The van der Waals surface area contributed by atoms with Crippen LogP contribution in [0.1, 0.15) is 11.3 Å². The highest BCUT2D eigenvalue weighted by atomic mass is 32.2. The van der Waals surface area contributed by atoms with Gasteiger partial charge in [-0.3, -0.25) is 0 Å². The van der Waals surface area contributed by atoms with Crippen molar-refractivity contribution in [1.82, 2.24) is 4.57 Å². The lowest BCUT2D eigenvalue weighted by Gasteiger charge is -2.14. The number of aromatic nitrogens is 1. The SMILES string of the molecule is Cc1cccc(-n2c(C)cc(-c3ccccc3)c2Sc2ccccc2)c1. The zero-order valence-electron chi connectivity index (χ0n) is 15.0. The molecule has 26 heavy (non-hydrogen) atoms. The first-order valence-electron chi connectivity index (χ1n) is 8.80. The van der Waals surface area contributed by atoms with Crippen LogP contribution in [0.25, 0.3) is 16.8 Å². The summed E-state index contributed by atoms with van der Waals surface area (Å²) in [7, 11) is 0. The normalized spacial score (nSPS) is 10.8. The van der Waals surface area contributed by atoms with Crippen molar-refractivity contribution in [2.45, 2.75) is 23.8 Å². The van der Waals surface area contributed by atoms with Gasteiger partial charge in [0, 0.05) is 21.8 Å². The Labute approximate surface area is 159 Å². The maximum absolute atomic E-state index is 2.37. The number of hydrogen-bond donors (Lipinski definition) is 0. The molecule has 0 amide bonds. The molecule has 1 nitrogen and oxygen atoms in total. The smallest absolute Gasteiger partial charge is 0.0924 e. The molecule has 1 aromatic heterocycles. The van der Waals surface area contributed by atoms with E-state index in [2.05, 4.69) is 109 Å². The molecule has 0 saturated heterocycles. The van der Waals surface area contributed by atoms with Gasteiger partial charge in [0.25, 0.3) is 0 Å². The van der Waals surface area contributed by atoms with Gasteiger partial charge in [0.15, 0.2) is 0 Å². The molecule has 0 bridgehead atoms. The van der Waals surface area contributed by atoms with E-state index < -0.39 is 0 Å². The predicted molar refractivity (Wildman–Crippen MR) is 111 cm³/mol. The molecule has 0 unspecified atom stereocenters. The zero-order valence-corrected chi connectivity index (χ0v) is 15.8. The average Bonchev–Trinajstić information content (AvgIpc) is 2.99. The molecule has 0 saturated carbocycles. The van der Waals surface area contributed by atoms with Crippen LogP contribution in [0.15, 0.2) is 101 Å². The highest BCUT2D eigenvalue weighted by molar-refractivity contribution is 7.99. The van der Waals surface area contributed by atoms with Crippen LogP contribution >= 0.6 is 11.8 Å². The molecule has 0 N–H and O–H groups in total. The Kier molecular flexibility index (Phi) is 4.68. The van der Waals surface area contributed by atoms with Crippen LogP contribution in [-0.2, 0) is 0 Å². The molecule has 128 valence electrons. The van der Waals surface area contributed by atoms with Gasteiger partial charge in [0.2, 0.25) is 0 Å². The van der Waals surface area contributed by atoms with Gasteiger partial charge in [0.1, 0.15) is 0 Å². The Balaban J connectivity index is 1.92. The first-order chi connectivity index (χ1) is 12.7. The fraction of sp³-hybridized carbons (Fsp3) is 0.0833. The summed E-state index contributed by atoms with van der Waals surface area (Å²) in [6.07, 6.45) is 0. The lowest BCUT2D eigenvalue weighted by atomic mass is 10.1. The summed E-state index contributed by atoms with van der Waals surface area (Å²) in [5.74, 6) is 0. The Bertz CT molecular complexity index is 1020. The number of rotatable bonds is 4. The average molecular weight is 356 g/mol. The van der Waals surface area contributed by atoms with Crippen LogP contribution < -0.4 is 0 Å². The van der Waals surface area contributed by atoms with E-state index in [1.807, 2.05) is 11.8 Å². The van der Waals surface area contributed by atoms with E-state index in [0.29, 0.717) is 0 Å². The third kappa shape index (κ3) is 3.33. The molecule has 0 atom stereocenters. The summed E-state index contributed by atoms with van der Waals surface area (Å²) in [5, 5.41) is 1.26. The molecule has 3 aromatic carbocycles. The van der Waals surface area contributed by atoms with Gasteiger partial charge < -0.3 is 4.57 Å². The third-order valence-corrected chi connectivity index (χ3v) is 5.55. The van der Waals surface area contributed by atoms with E-state index in [0.717, 1.165) is 0 Å².